The number of hydrogen-bond donors (Lipinski definition) is 0. The Morgan fingerprint density at radius 1 is 0.818 bits per heavy atom. The summed E-state index contributed by atoms with van der Waals surface area (Å²) in [5, 5.41) is 1.02. The molecular formula is C26H34N2O4S. The van der Waals surface area contributed by atoms with E-state index in [-0.39, 0.29) is 0 Å². The van der Waals surface area contributed by atoms with Crippen molar-refractivity contribution in [2.45, 2.75) is 33.6 Å². The molecule has 2 aromatic carbocycles. The molecule has 6 nitrogen and oxygen atoms in total. The predicted molar refractivity (Wildman–Crippen MR) is 137 cm³/mol. The van der Waals surface area contributed by atoms with E-state index in [2.05, 4.69) is 30.9 Å². The standard InChI is InChI=1S/C26H34N2O4S/c1-7-14-28(15-8-2)26-27-23(18-10-12-20(13-11-18)32-9-3)25(33-26)19-16-21(29-4)24(31-6)22(17-19)30-5/h10-13,16-17H,7-9,14-15H2,1-6H3. The van der Waals surface area contributed by atoms with E-state index in [1.54, 1.807) is 32.7 Å². The Balaban J connectivity index is 2.18. The fourth-order valence-corrected chi connectivity index (χ4v) is 4.89. The maximum atomic E-state index is 5.63. The first-order valence-electron chi connectivity index (χ1n) is 11.4. The summed E-state index contributed by atoms with van der Waals surface area (Å²) in [5.41, 5.74) is 2.95. The van der Waals surface area contributed by atoms with Crippen LogP contribution in [0.2, 0.25) is 0 Å². The number of nitrogens with zero attached hydrogens (tertiary/aromatic N) is 2. The second kappa shape index (κ2) is 11.8. The molecule has 0 atom stereocenters. The minimum atomic E-state index is 0.578. The Hall–Kier alpha value is -2.93. The van der Waals surface area contributed by atoms with Gasteiger partial charge in [-0.3, -0.25) is 0 Å². The maximum Gasteiger partial charge on any atom is 0.203 e. The van der Waals surface area contributed by atoms with E-state index in [0.29, 0.717) is 23.9 Å². The summed E-state index contributed by atoms with van der Waals surface area (Å²) < 4.78 is 22.4. The van der Waals surface area contributed by atoms with Gasteiger partial charge in [0.1, 0.15) is 5.75 Å². The number of ether oxygens (including phenoxy) is 4. The van der Waals surface area contributed by atoms with Crippen molar-refractivity contribution in [3.8, 4) is 44.7 Å². The molecule has 0 spiro atoms. The van der Waals surface area contributed by atoms with Gasteiger partial charge < -0.3 is 23.8 Å². The molecule has 0 aliphatic heterocycles. The number of methoxy groups -OCH3 is 3. The first-order valence-corrected chi connectivity index (χ1v) is 12.2. The molecule has 0 saturated carbocycles. The van der Waals surface area contributed by atoms with Crippen molar-refractivity contribution in [3.63, 3.8) is 0 Å². The summed E-state index contributed by atoms with van der Waals surface area (Å²) in [7, 11) is 4.89. The molecule has 0 amide bonds. The van der Waals surface area contributed by atoms with Crippen LogP contribution in [0.3, 0.4) is 0 Å². The van der Waals surface area contributed by atoms with Crippen molar-refractivity contribution in [2.24, 2.45) is 0 Å². The van der Waals surface area contributed by atoms with Crippen molar-refractivity contribution in [1.82, 2.24) is 4.98 Å². The average Bonchev–Trinajstić information content (AvgIpc) is 3.29. The second-order valence-corrected chi connectivity index (χ2v) is 8.51. The van der Waals surface area contributed by atoms with Gasteiger partial charge in [0.2, 0.25) is 5.75 Å². The molecule has 33 heavy (non-hydrogen) atoms. The highest BCUT2D eigenvalue weighted by molar-refractivity contribution is 7.19. The highest BCUT2D eigenvalue weighted by Crippen LogP contribution is 2.46. The van der Waals surface area contributed by atoms with Gasteiger partial charge in [0, 0.05) is 24.2 Å². The zero-order chi connectivity index (χ0) is 23.8. The molecule has 0 N–H and O–H groups in total. The van der Waals surface area contributed by atoms with E-state index in [1.807, 2.05) is 31.2 Å². The normalized spacial score (nSPS) is 10.7. The Bertz CT molecular complexity index is 1000. The molecule has 0 fully saturated rings. The Morgan fingerprint density at radius 3 is 1.91 bits per heavy atom. The lowest BCUT2D eigenvalue weighted by atomic mass is 10.1. The summed E-state index contributed by atoms with van der Waals surface area (Å²) in [6, 6.07) is 12.1. The molecule has 0 aliphatic rings. The molecule has 0 saturated heterocycles. The first-order chi connectivity index (χ1) is 16.1. The predicted octanol–water partition coefficient (Wildman–Crippen LogP) is 6.53. The van der Waals surface area contributed by atoms with E-state index in [0.717, 1.165) is 58.5 Å². The van der Waals surface area contributed by atoms with E-state index in [4.69, 9.17) is 23.9 Å². The Kier molecular flexibility index (Phi) is 8.83. The number of anilines is 1. The zero-order valence-corrected chi connectivity index (χ0v) is 21.3. The smallest absolute Gasteiger partial charge is 0.203 e. The van der Waals surface area contributed by atoms with Crippen LogP contribution in [-0.4, -0.2) is 46.0 Å². The van der Waals surface area contributed by atoms with Gasteiger partial charge in [0.05, 0.1) is 38.5 Å². The topological polar surface area (TPSA) is 53.1 Å². The molecule has 178 valence electrons. The van der Waals surface area contributed by atoms with Crippen LogP contribution in [0.1, 0.15) is 33.6 Å². The summed E-state index contributed by atoms with van der Waals surface area (Å²) >= 11 is 1.69. The Labute approximate surface area is 201 Å². The van der Waals surface area contributed by atoms with Crippen molar-refractivity contribution in [3.05, 3.63) is 36.4 Å². The van der Waals surface area contributed by atoms with Gasteiger partial charge in [-0.15, -0.1) is 0 Å². The van der Waals surface area contributed by atoms with Gasteiger partial charge in [-0.2, -0.15) is 0 Å². The van der Waals surface area contributed by atoms with Gasteiger partial charge in [0.15, 0.2) is 16.6 Å². The van der Waals surface area contributed by atoms with Crippen LogP contribution in [0.4, 0.5) is 5.13 Å². The molecule has 0 bridgehead atoms. The number of thiazole rings is 1. The number of rotatable bonds is 12. The van der Waals surface area contributed by atoms with Gasteiger partial charge in [-0.05, 0) is 56.2 Å². The lowest BCUT2D eigenvalue weighted by molar-refractivity contribution is 0.324. The third kappa shape index (κ3) is 5.53. The number of aromatic nitrogens is 1. The number of hydrogen-bond acceptors (Lipinski definition) is 7. The van der Waals surface area contributed by atoms with Crippen molar-refractivity contribution >= 4 is 16.5 Å². The summed E-state index contributed by atoms with van der Waals surface area (Å²) in [4.78, 5) is 8.54. The van der Waals surface area contributed by atoms with Crippen molar-refractivity contribution < 1.29 is 18.9 Å². The molecule has 1 aromatic heterocycles. The molecule has 0 radical (unpaired) electrons. The molecule has 3 rings (SSSR count). The lowest BCUT2D eigenvalue weighted by Gasteiger charge is -2.20. The quantitative estimate of drug-likeness (QED) is 0.300. The Morgan fingerprint density at radius 2 is 1.42 bits per heavy atom. The van der Waals surface area contributed by atoms with Crippen LogP contribution in [0.25, 0.3) is 21.7 Å². The van der Waals surface area contributed by atoms with Crippen LogP contribution in [-0.2, 0) is 0 Å². The van der Waals surface area contributed by atoms with E-state index in [9.17, 15) is 0 Å². The SMILES string of the molecule is CCCN(CCC)c1nc(-c2ccc(OCC)cc2)c(-c2cc(OC)c(OC)c(OC)c2)s1. The van der Waals surface area contributed by atoms with Crippen LogP contribution in [0.15, 0.2) is 36.4 Å². The van der Waals surface area contributed by atoms with Crippen LogP contribution < -0.4 is 23.8 Å². The molecule has 7 heteroatoms. The van der Waals surface area contributed by atoms with Crippen molar-refractivity contribution in [2.75, 3.05) is 45.9 Å². The zero-order valence-electron chi connectivity index (χ0n) is 20.4. The first kappa shape index (κ1) is 24.7. The van der Waals surface area contributed by atoms with Crippen molar-refractivity contribution in [1.29, 1.82) is 0 Å². The molecule has 0 unspecified atom stereocenters. The van der Waals surface area contributed by atoms with E-state index >= 15 is 0 Å². The summed E-state index contributed by atoms with van der Waals surface area (Å²) in [6.45, 7) is 8.96. The van der Waals surface area contributed by atoms with Crippen LogP contribution >= 0.6 is 11.3 Å². The summed E-state index contributed by atoms with van der Waals surface area (Å²) in [5.74, 6) is 2.68. The minimum absolute atomic E-state index is 0.578. The van der Waals surface area contributed by atoms with Gasteiger partial charge in [-0.25, -0.2) is 4.98 Å². The molecule has 0 aliphatic carbocycles. The summed E-state index contributed by atoms with van der Waals surface area (Å²) in [6.07, 6.45) is 2.13. The molecular weight excluding hydrogens is 436 g/mol. The van der Waals surface area contributed by atoms with E-state index < -0.39 is 0 Å². The monoisotopic (exact) mass is 470 g/mol. The number of benzene rings is 2. The maximum absolute atomic E-state index is 5.63. The molecule has 3 aromatic rings. The molecule has 1 heterocycles. The van der Waals surface area contributed by atoms with Crippen LogP contribution in [0.5, 0.6) is 23.0 Å². The fourth-order valence-electron chi connectivity index (χ4n) is 3.77. The second-order valence-electron chi connectivity index (χ2n) is 7.53. The highest BCUT2D eigenvalue weighted by Gasteiger charge is 2.22. The highest BCUT2D eigenvalue weighted by atomic mass is 32.1. The minimum Gasteiger partial charge on any atom is -0.494 e. The third-order valence-electron chi connectivity index (χ3n) is 5.24. The van der Waals surface area contributed by atoms with Gasteiger partial charge in [-0.1, -0.05) is 25.2 Å². The third-order valence-corrected chi connectivity index (χ3v) is 6.40. The van der Waals surface area contributed by atoms with Crippen LogP contribution in [0, 0.1) is 0 Å². The largest absolute Gasteiger partial charge is 0.494 e. The van der Waals surface area contributed by atoms with Gasteiger partial charge in [0.25, 0.3) is 0 Å². The van der Waals surface area contributed by atoms with Gasteiger partial charge >= 0.3 is 0 Å². The average molecular weight is 471 g/mol. The van der Waals surface area contributed by atoms with E-state index in [1.165, 1.54) is 0 Å². The lowest BCUT2D eigenvalue weighted by Crippen LogP contribution is -2.24. The fraction of sp³-hybridized carbons (Fsp3) is 0.423.